The standard InChI is InChI=1S/C9H21NO2S/c1-3-8(10)9(7-11)13-6-4-5-12-2/h8-9,11H,3-7,10H2,1-2H3. The molecule has 3 N–H and O–H groups in total. The molecular weight excluding hydrogens is 186 g/mol. The summed E-state index contributed by atoms with van der Waals surface area (Å²) in [6.45, 7) is 3.00. The number of hydrogen-bond acceptors (Lipinski definition) is 4. The topological polar surface area (TPSA) is 55.5 Å². The monoisotopic (exact) mass is 207 g/mol. The first kappa shape index (κ1) is 13.2. The van der Waals surface area contributed by atoms with Crippen molar-refractivity contribution < 1.29 is 9.84 Å². The summed E-state index contributed by atoms with van der Waals surface area (Å²) in [5, 5.41) is 9.23. The summed E-state index contributed by atoms with van der Waals surface area (Å²) in [5.74, 6) is 1.01. The van der Waals surface area contributed by atoms with E-state index in [1.54, 1.807) is 18.9 Å². The fourth-order valence-corrected chi connectivity index (χ4v) is 2.14. The average Bonchev–Trinajstić information content (AvgIpc) is 2.17. The van der Waals surface area contributed by atoms with Crippen LogP contribution < -0.4 is 5.73 Å². The summed E-state index contributed by atoms with van der Waals surface area (Å²) >= 11 is 1.74. The number of aliphatic hydroxyl groups excluding tert-OH is 1. The Morgan fingerprint density at radius 2 is 2.23 bits per heavy atom. The fraction of sp³-hybridized carbons (Fsp3) is 1.00. The number of rotatable bonds is 8. The first-order valence-electron chi connectivity index (χ1n) is 4.73. The van der Waals surface area contributed by atoms with Gasteiger partial charge in [-0.05, 0) is 18.6 Å². The highest BCUT2D eigenvalue weighted by molar-refractivity contribution is 7.99. The lowest BCUT2D eigenvalue weighted by atomic mass is 10.2. The Kier molecular flexibility index (Phi) is 8.97. The van der Waals surface area contributed by atoms with Gasteiger partial charge in [-0.15, -0.1) is 0 Å². The molecule has 0 saturated carbocycles. The number of aliphatic hydroxyl groups is 1. The zero-order chi connectivity index (χ0) is 10.1. The molecule has 2 unspecified atom stereocenters. The Bertz CT molecular complexity index is 114. The molecule has 0 aliphatic carbocycles. The van der Waals surface area contributed by atoms with Gasteiger partial charge in [-0.3, -0.25) is 0 Å². The largest absolute Gasteiger partial charge is 0.395 e. The normalized spacial score (nSPS) is 15.7. The highest BCUT2D eigenvalue weighted by Crippen LogP contribution is 2.16. The Hall–Kier alpha value is 0.230. The second kappa shape index (κ2) is 8.81. The molecule has 0 aliphatic rings. The zero-order valence-electron chi connectivity index (χ0n) is 8.53. The highest BCUT2D eigenvalue weighted by Gasteiger charge is 2.14. The molecule has 0 aromatic carbocycles. The SMILES string of the molecule is CCC(N)C(CO)SCCCOC. The molecule has 0 amide bonds. The van der Waals surface area contributed by atoms with Crippen LogP contribution in [0.15, 0.2) is 0 Å². The summed E-state index contributed by atoms with van der Waals surface area (Å²) in [7, 11) is 1.70. The maximum atomic E-state index is 9.05. The summed E-state index contributed by atoms with van der Waals surface area (Å²) in [5.41, 5.74) is 5.83. The van der Waals surface area contributed by atoms with Crippen LogP contribution in [0, 0.1) is 0 Å². The third-order valence-corrected chi connectivity index (χ3v) is 3.40. The van der Waals surface area contributed by atoms with Crippen LogP contribution in [0.4, 0.5) is 0 Å². The van der Waals surface area contributed by atoms with Gasteiger partial charge in [0.05, 0.1) is 6.61 Å². The first-order valence-corrected chi connectivity index (χ1v) is 5.78. The van der Waals surface area contributed by atoms with E-state index in [-0.39, 0.29) is 17.9 Å². The summed E-state index contributed by atoms with van der Waals surface area (Å²) < 4.78 is 4.94. The minimum atomic E-state index is 0.109. The van der Waals surface area contributed by atoms with Gasteiger partial charge in [-0.1, -0.05) is 6.92 Å². The number of thioether (sulfide) groups is 1. The summed E-state index contributed by atoms with van der Waals surface area (Å²) in [4.78, 5) is 0. The number of ether oxygens (including phenoxy) is 1. The smallest absolute Gasteiger partial charge is 0.0565 e. The van der Waals surface area contributed by atoms with Crippen molar-refractivity contribution in [1.29, 1.82) is 0 Å². The number of nitrogens with two attached hydrogens (primary N) is 1. The molecule has 0 fully saturated rings. The molecule has 80 valence electrons. The van der Waals surface area contributed by atoms with Gasteiger partial charge in [-0.2, -0.15) is 11.8 Å². The molecule has 0 rings (SSSR count). The first-order chi connectivity index (χ1) is 6.26. The van der Waals surface area contributed by atoms with E-state index in [4.69, 9.17) is 15.6 Å². The zero-order valence-corrected chi connectivity index (χ0v) is 9.35. The van der Waals surface area contributed by atoms with Crippen LogP contribution in [-0.4, -0.2) is 42.5 Å². The molecule has 4 heteroatoms. The van der Waals surface area contributed by atoms with Crippen molar-refractivity contribution in [3.63, 3.8) is 0 Å². The Labute approximate surface area is 85.0 Å². The molecular formula is C9H21NO2S. The van der Waals surface area contributed by atoms with Gasteiger partial charge in [0.15, 0.2) is 0 Å². The third kappa shape index (κ3) is 6.32. The lowest BCUT2D eigenvalue weighted by molar-refractivity contribution is 0.200. The molecule has 0 spiro atoms. The molecule has 0 aliphatic heterocycles. The molecule has 0 aromatic rings. The minimum Gasteiger partial charge on any atom is -0.395 e. The average molecular weight is 207 g/mol. The summed E-state index contributed by atoms with van der Waals surface area (Å²) in [6.07, 6.45) is 1.94. The van der Waals surface area contributed by atoms with E-state index in [1.165, 1.54) is 0 Å². The number of methoxy groups -OCH3 is 1. The molecule has 2 atom stereocenters. The van der Waals surface area contributed by atoms with Gasteiger partial charge in [0, 0.05) is 25.0 Å². The van der Waals surface area contributed by atoms with E-state index >= 15 is 0 Å². The van der Waals surface area contributed by atoms with Gasteiger partial charge in [0.1, 0.15) is 0 Å². The molecule has 0 saturated heterocycles. The van der Waals surface area contributed by atoms with Crippen LogP contribution in [0.2, 0.25) is 0 Å². The quantitative estimate of drug-likeness (QED) is 0.580. The Morgan fingerprint density at radius 1 is 1.54 bits per heavy atom. The Morgan fingerprint density at radius 3 is 2.69 bits per heavy atom. The maximum absolute atomic E-state index is 9.05. The van der Waals surface area contributed by atoms with Gasteiger partial charge < -0.3 is 15.6 Å². The van der Waals surface area contributed by atoms with E-state index in [9.17, 15) is 0 Å². The highest BCUT2D eigenvalue weighted by atomic mass is 32.2. The van der Waals surface area contributed by atoms with Gasteiger partial charge in [0.25, 0.3) is 0 Å². The van der Waals surface area contributed by atoms with Crippen LogP contribution in [-0.2, 0) is 4.74 Å². The molecule has 13 heavy (non-hydrogen) atoms. The van der Waals surface area contributed by atoms with Crippen LogP contribution >= 0.6 is 11.8 Å². The van der Waals surface area contributed by atoms with Crippen LogP contribution in [0.25, 0.3) is 0 Å². The van der Waals surface area contributed by atoms with E-state index in [0.29, 0.717) is 0 Å². The van der Waals surface area contributed by atoms with Crippen molar-refractivity contribution in [1.82, 2.24) is 0 Å². The number of hydrogen-bond donors (Lipinski definition) is 2. The fourth-order valence-electron chi connectivity index (χ4n) is 1.01. The predicted molar refractivity (Wildman–Crippen MR) is 58.1 cm³/mol. The van der Waals surface area contributed by atoms with E-state index in [0.717, 1.165) is 25.2 Å². The van der Waals surface area contributed by atoms with Crippen molar-refractivity contribution in [3.05, 3.63) is 0 Å². The Balaban J connectivity index is 3.47. The van der Waals surface area contributed by atoms with E-state index in [1.807, 2.05) is 6.92 Å². The van der Waals surface area contributed by atoms with E-state index < -0.39 is 0 Å². The van der Waals surface area contributed by atoms with Crippen molar-refractivity contribution in [3.8, 4) is 0 Å². The predicted octanol–water partition coefficient (Wildman–Crippen LogP) is 0.854. The van der Waals surface area contributed by atoms with Gasteiger partial charge >= 0.3 is 0 Å². The van der Waals surface area contributed by atoms with Crippen LogP contribution in [0.5, 0.6) is 0 Å². The third-order valence-electron chi connectivity index (χ3n) is 1.95. The lowest BCUT2D eigenvalue weighted by Crippen LogP contribution is -2.34. The van der Waals surface area contributed by atoms with Crippen molar-refractivity contribution in [2.45, 2.75) is 31.1 Å². The minimum absolute atomic E-state index is 0.109. The van der Waals surface area contributed by atoms with Crippen molar-refractivity contribution >= 4 is 11.8 Å². The van der Waals surface area contributed by atoms with Crippen LogP contribution in [0.1, 0.15) is 19.8 Å². The second-order valence-corrected chi connectivity index (χ2v) is 4.36. The van der Waals surface area contributed by atoms with E-state index in [2.05, 4.69) is 0 Å². The maximum Gasteiger partial charge on any atom is 0.0565 e. The molecule has 3 nitrogen and oxygen atoms in total. The molecule has 0 aromatic heterocycles. The molecule has 0 heterocycles. The second-order valence-electron chi connectivity index (χ2n) is 3.01. The lowest BCUT2D eigenvalue weighted by Gasteiger charge is -2.19. The van der Waals surface area contributed by atoms with Gasteiger partial charge in [0.2, 0.25) is 0 Å². The van der Waals surface area contributed by atoms with Crippen LogP contribution in [0.3, 0.4) is 0 Å². The molecule has 0 bridgehead atoms. The van der Waals surface area contributed by atoms with Crippen molar-refractivity contribution in [2.24, 2.45) is 5.73 Å². The molecule has 0 radical (unpaired) electrons. The van der Waals surface area contributed by atoms with Gasteiger partial charge in [-0.25, -0.2) is 0 Å². The summed E-state index contributed by atoms with van der Waals surface area (Å²) in [6, 6.07) is 0.109. The van der Waals surface area contributed by atoms with Crippen molar-refractivity contribution in [2.75, 3.05) is 26.1 Å².